The molecular formula is C17H22N2O4. The number of aryl methyl sites for hydroxylation is 1. The van der Waals surface area contributed by atoms with Gasteiger partial charge in [0.05, 0.1) is 11.5 Å². The molecule has 1 aromatic rings. The molecule has 2 amide bonds. The fraction of sp³-hybridized carbons (Fsp3) is 0.471. The van der Waals surface area contributed by atoms with Crippen molar-refractivity contribution in [1.82, 2.24) is 10.2 Å². The van der Waals surface area contributed by atoms with Crippen molar-refractivity contribution in [3.05, 3.63) is 35.4 Å². The molecule has 1 aliphatic rings. The summed E-state index contributed by atoms with van der Waals surface area (Å²) in [6.45, 7) is 1.18. The van der Waals surface area contributed by atoms with Gasteiger partial charge in [-0.3, -0.25) is 9.59 Å². The maximum Gasteiger partial charge on any atom is 0.335 e. The summed E-state index contributed by atoms with van der Waals surface area (Å²) in [5.74, 6) is -1.04. The van der Waals surface area contributed by atoms with E-state index in [1.165, 1.54) is 0 Å². The molecule has 1 heterocycles. The molecule has 1 fully saturated rings. The van der Waals surface area contributed by atoms with Crippen molar-refractivity contribution in [2.75, 3.05) is 20.1 Å². The first-order valence-corrected chi connectivity index (χ1v) is 7.83. The smallest absolute Gasteiger partial charge is 0.335 e. The normalized spacial score (nSPS) is 17.6. The van der Waals surface area contributed by atoms with Gasteiger partial charge in [-0.15, -0.1) is 0 Å². The molecule has 2 N–H and O–H groups in total. The van der Waals surface area contributed by atoms with Crippen molar-refractivity contribution in [2.45, 2.75) is 25.7 Å². The number of carboxylic acid groups (broad SMARTS) is 1. The van der Waals surface area contributed by atoms with Crippen LogP contribution in [0.1, 0.15) is 35.2 Å². The summed E-state index contributed by atoms with van der Waals surface area (Å²) in [5.41, 5.74) is 1.17. The molecule has 2 rings (SSSR count). The summed E-state index contributed by atoms with van der Waals surface area (Å²) in [7, 11) is 1.61. The zero-order valence-electron chi connectivity index (χ0n) is 13.2. The highest BCUT2D eigenvalue weighted by Gasteiger charge is 2.27. The topological polar surface area (TPSA) is 86.7 Å². The molecule has 0 bridgehead atoms. The number of piperidine rings is 1. The maximum atomic E-state index is 12.3. The van der Waals surface area contributed by atoms with Gasteiger partial charge < -0.3 is 15.3 Å². The summed E-state index contributed by atoms with van der Waals surface area (Å²) < 4.78 is 0. The summed E-state index contributed by atoms with van der Waals surface area (Å²) in [6, 6.07) is 6.57. The van der Waals surface area contributed by atoms with E-state index in [-0.39, 0.29) is 23.3 Å². The van der Waals surface area contributed by atoms with E-state index < -0.39 is 5.97 Å². The van der Waals surface area contributed by atoms with Gasteiger partial charge in [-0.1, -0.05) is 12.1 Å². The van der Waals surface area contributed by atoms with Crippen molar-refractivity contribution in [1.29, 1.82) is 0 Å². The van der Waals surface area contributed by atoms with E-state index >= 15 is 0 Å². The number of hydrogen-bond donors (Lipinski definition) is 2. The summed E-state index contributed by atoms with van der Waals surface area (Å²) in [5, 5.41) is 11.5. The van der Waals surface area contributed by atoms with Gasteiger partial charge in [-0.2, -0.15) is 0 Å². The third-order valence-corrected chi connectivity index (χ3v) is 4.22. The van der Waals surface area contributed by atoms with Crippen molar-refractivity contribution in [2.24, 2.45) is 5.92 Å². The Labute approximate surface area is 135 Å². The number of benzene rings is 1. The third kappa shape index (κ3) is 4.55. The SMILES string of the molecule is CNC(=O)[C@@H]1CCCN(C(=O)CCc2ccc(C(=O)O)cc2)C1. The van der Waals surface area contributed by atoms with Crippen LogP contribution in [0.3, 0.4) is 0 Å². The first-order valence-electron chi connectivity index (χ1n) is 7.83. The van der Waals surface area contributed by atoms with Crippen LogP contribution in [0.4, 0.5) is 0 Å². The number of nitrogens with zero attached hydrogens (tertiary/aromatic N) is 1. The lowest BCUT2D eigenvalue weighted by atomic mass is 9.96. The van der Waals surface area contributed by atoms with E-state index in [0.29, 0.717) is 25.9 Å². The molecular weight excluding hydrogens is 296 g/mol. The molecule has 6 heteroatoms. The first-order chi connectivity index (χ1) is 11.0. The molecule has 0 unspecified atom stereocenters. The summed E-state index contributed by atoms with van der Waals surface area (Å²) >= 11 is 0. The van der Waals surface area contributed by atoms with Crippen LogP contribution in [0.25, 0.3) is 0 Å². The standard InChI is InChI=1S/C17H22N2O4/c1-18-16(21)14-3-2-10-19(11-14)15(20)9-6-12-4-7-13(8-5-12)17(22)23/h4-5,7-8,14H,2-3,6,9-11H2,1H3,(H,18,21)(H,22,23)/t14-/m1/s1. The highest BCUT2D eigenvalue weighted by Crippen LogP contribution is 2.18. The molecule has 6 nitrogen and oxygen atoms in total. The molecule has 1 saturated heterocycles. The number of nitrogens with one attached hydrogen (secondary N) is 1. The van der Waals surface area contributed by atoms with Crippen LogP contribution < -0.4 is 5.32 Å². The molecule has 0 aliphatic carbocycles. The first kappa shape index (κ1) is 17.0. The van der Waals surface area contributed by atoms with Crippen LogP contribution >= 0.6 is 0 Å². The number of amides is 2. The van der Waals surface area contributed by atoms with Gasteiger partial charge in [0, 0.05) is 26.6 Å². The second kappa shape index (κ2) is 7.76. The second-order valence-corrected chi connectivity index (χ2v) is 5.80. The van der Waals surface area contributed by atoms with Gasteiger partial charge in [-0.05, 0) is 37.0 Å². The Morgan fingerprint density at radius 1 is 1.26 bits per heavy atom. The van der Waals surface area contributed by atoms with Gasteiger partial charge in [0.25, 0.3) is 0 Å². The molecule has 0 radical (unpaired) electrons. The fourth-order valence-electron chi connectivity index (χ4n) is 2.85. The monoisotopic (exact) mass is 318 g/mol. The van der Waals surface area contributed by atoms with E-state index in [1.54, 1.807) is 36.2 Å². The zero-order chi connectivity index (χ0) is 16.8. The molecule has 23 heavy (non-hydrogen) atoms. The van der Waals surface area contributed by atoms with E-state index in [0.717, 1.165) is 18.4 Å². The number of rotatable bonds is 5. The minimum absolute atomic E-state index is 0.00763. The molecule has 0 spiro atoms. The quantitative estimate of drug-likeness (QED) is 0.857. The number of aromatic carboxylic acids is 1. The van der Waals surface area contributed by atoms with Crippen LogP contribution in [-0.2, 0) is 16.0 Å². The van der Waals surface area contributed by atoms with Gasteiger partial charge in [0.2, 0.25) is 11.8 Å². The van der Waals surface area contributed by atoms with Crippen molar-refractivity contribution in [3.63, 3.8) is 0 Å². The number of likely N-dealkylation sites (tertiary alicyclic amines) is 1. The lowest BCUT2D eigenvalue weighted by Gasteiger charge is -2.32. The van der Waals surface area contributed by atoms with Crippen LogP contribution in [-0.4, -0.2) is 47.9 Å². The Morgan fingerprint density at radius 2 is 1.96 bits per heavy atom. The van der Waals surface area contributed by atoms with Crippen LogP contribution in [0.5, 0.6) is 0 Å². The highest BCUT2D eigenvalue weighted by atomic mass is 16.4. The minimum atomic E-state index is -0.957. The number of hydrogen-bond acceptors (Lipinski definition) is 3. The lowest BCUT2D eigenvalue weighted by molar-refractivity contribution is -0.135. The van der Waals surface area contributed by atoms with E-state index in [1.807, 2.05) is 0 Å². The fourth-order valence-corrected chi connectivity index (χ4v) is 2.85. The summed E-state index contributed by atoms with van der Waals surface area (Å²) in [6.07, 6.45) is 2.60. The molecule has 0 saturated carbocycles. The Morgan fingerprint density at radius 3 is 2.57 bits per heavy atom. The van der Waals surface area contributed by atoms with Gasteiger partial charge in [0.1, 0.15) is 0 Å². The molecule has 1 aliphatic heterocycles. The van der Waals surface area contributed by atoms with Crippen molar-refractivity contribution >= 4 is 17.8 Å². The minimum Gasteiger partial charge on any atom is -0.478 e. The second-order valence-electron chi connectivity index (χ2n) is 5.80. The van der Waals surface area contributed by atoms with Crippen molar-refractivity contribution < 1.29 is 19.5 Å². The Balaban J connectivity index is 1.86. The number of carbonyl (C=O) groups excluding carboxylic acids is 2. The molecule has 1 aromatic carbocycles. The number of carboxylic acids is 1. The van der Waals surface area contributed by atoms with E-state index in [2.05, 4.69) is 5.32 Å². The highest BCUT2D eigenvalue weighted by molar-refractivity contribution is 5.87. The van der Waals surface area contributed by atoms with Crippen molar-refractivity contribution in [3.8, 4) is 0 Å². The molecule has 1 atom stereocenters. The van der Waals surface area contributed by atoms with Gasteiger partial charge >= 0.3 is 5.97 Å². The number of carbonyl (C=O) groups is 3. The average molecular weight is 318 g/mol. The van der Waals surface area contributed by atoms with E-state index in [9.17, 15) is 14.4 Å². The molecule has 0 aromatic heterocycles. The Kier molecular flexibility index (Phi) is 5.73. The van der Waals surface area contributed by atoms with Crippen LogP contribution in [0, 0.1) is 5.92 Å². The zero-order valence-corrected chi connectivity index (χ0v) is 13.2. The van der Waals surface area contributed by atoms with Gasteiger partial charge in [-0.25, -0.2) is 4.79 Å². The van der Waals surface area contributed by atoms with Crippen LogP contribution in [0.2, 0.25) is 0 Å². The predicted octanol–water partition coefficient (Wildman–Crippen LogP) is 1.30. The lowest BCUT2D eigenvalue weighted by Crippen LogP contribution is -2.44. The third-order valence-electron chi connectivity index (χ3n) is 4.22. The summed E-state index contributed by atoms with van der Waals surface area (Å²) in [4.78, 5) is 36.6. The predicted molar refractivity (Wildman–Crippen MR) is 85.1 cm³/mol. The average Bonchev–Trinajstić information content (AvgIpc) is 2.59. The van der Waals surface area contributed by atoms with Gasteiger partial charge in [0.15, 0.2) is 0 Å². The Hall–Kier alpha value is -2.37. The van der Waals surface area contributed by atoms with Crippen LogP contribution in [0.15, 0.2) is 24.3 Å². The Bertz CT molecular complexity index is 583. The largest absolute Gasteiger partial charge is 0.478 e. The van der Waals surface area contributed by atoms with E-state index in [4.69, 9.17) is 5.11 Å². The maximum absolute atomic E-state index is 12.3. The molecule has 124 valence electrons.